The van der Waals surface area contributed by atoms with E-state index in [1.54, 1.807) is 0 Å². The zero-order valence-electron chi connectivity index (χ0n) is 14.5. The van der Waals surface area contributed by atoms with Crippen molar-refractivity contribution in [3.05, 3.63) is 77.4 Å². The highest BCUT2D eigenvalue weighted by Crippen LogP contribution is 2.28. The highest BCUT2D eigenvalue weighted by molar-refractivity contribution is 5.80. The predicted molar refractivity (Wildman–Crippen MR) is 96.7 cm³/mol. The van der Waals surface area contributed by atoms with Crippen LogP contribution in [0.4, 0.5) is 0 Å². The van der Waals surface area contributed by atoms with E-state index in [2.05, 4.69) is 20.5 Å². The van der Waals surface area contributed by atoms with Crippen LogP contribution in [0.3, 0.4) is 0 Å². The number of hydrogen-bond acceptors (Lipinski definition) is 4. The minimum atomic E-state index is -0.397. The normalized spacial score (nSPS) is 17.0. The molecule has 132 valence electrons. The van der Waals surface area contributed by atoms with Crippen LogP contribution in [0.2, 0.25) is 0 Å². The number of aromatic nitrogens is 3. The topological polar surface area (TPSA) is 79.9 Å². The van der Waals surface area contributed by atoms with Gasteiger partial charge in [0.25, 0.3) is 0 Å². The molecule has 0 spiro atoms. The van der Waals surface area contributed by atoms with Crippen molar-refractivity contribution in [2.24, 2.45) is 5.92 Å². The number of amides is 1. The lowest BCUT2D eigenvalue weighted by Gasteiger charge is -2.26. The summed E-state index contributed by atoms with van der Waals surface area (Å²) in [6.07, 6.45) is 0.663. The van der Waals surface area contributed by atoms with Gasteiger partial charge in [-0.3, -0.25) is 9.89 Å². The van der Waals surface area contributed by atoms with Crippen LogP contribution in [0.25, 0.3) is 0 Å². The Morgan fingerprint density at radius 1 is 1.19 bits per heavy atom. The number of aromatic amines is 1. The predicted octanol–water partition coefficient (Wildman–Crippen LogP) is 2.57. The van der Waals surface area contributed by atoms with Crippen molar-refractivity contribution >= 4 is 5.91 Å². The smallest absolute Gasteiger partial charge is 0.227 e. The molecule has 2 unspecified atom stereocenters. The van der Waals surface area contributed by atoms with Gasteiger partial charge in [0.1, 0.15) is 24.2 Å². The number of carbonyl (C=O) groups is 1. The molecule has 3 aromatic rings. The first-order valence-electron chi connectivity index (χ1n) is 8.65. The van der Waals surface area contributed by atoms with E-state index < -0.39 is 6.04 Å². The number of ether oxygens (including phenoxy) is 1. The van der Waals surface area contributed by atoms with Crippen molar-refractivity contribution in [1.29, 1.82) is 0 Å². The van der Waals surface area contributed by atoms with E-state index in [-0.39, 0.29) is 11.8 Å². The summed E-state index contributed by atoms with van der Waals surface area (Å²) >= 11 is 0. The number of nitrogens with one attached hydrogen (secondary N) is 2. The second-order valence-electron chi connectivity index (χ2n) is 6.45. The van der Waals surface area contributed by atoms with Crippen LogP contribution >= 0.6 is 0 Å². The molecule has 1 aliphatic rings. The van der Waals surface area contributed by atoms with E-state index >= 15 is 0 Å². The summed E-state index contributed by atoms with van der Waals surface area (Å²) < 4.78 is 5.76. The fraction of sp³-hybridized carbons (Fsp3) is 0.250. The Kier molecular flexibility index (Phi) is 4.39. The third kappa shape index (κ3) is 3.31. The van der Waals surface area contributed by atoms with E-state index in [4.69, 9.17) is 4.74 Å². The molecule has 6 heteroatoms. The van der Waals surface area contributed by atoms with Crippen molar-refractivity contribution in [2.45, 2.75) is 19.4 Å². The molecule has 0 fully saturated rings. The van der Waals surface area contributed by atoms with Gasteiger partial charge in [0.15, 0.2) is 5.82 Å². The van der Waals surface area contributed by atoms with Crippen LogP contribution in [0.1, 0.15) is 28.8 Å². The molecule has 1 aromatic heterocycles. The lowest BCUT2D eigenvalue weighted by Crippen LogP contribution is -2.39. The lowest BCUT2D eigenvalue weighted by atomic mass is 9.95. The summed E-state index contributed by atoms with van der Waals surface area (Å²) in [6.45, 7) is 2.21. The maximum atomic E-state index is 12.9. The largest absolute Gasteiger partial charge is 0.492 e. The number of rotatable bonds is 4. The molecule has 0 radical (unpaired) electrons. The van der Waals surface area contributed by atoms with E-state index in [1.165, 1.54) is 0 Å². The van der Waals surface area contributed by atoms with Crippen molar-refractivity contribution in [3.63, 3.8) is 0 Å². The van der Waals surface area contributed by atoms with E-state index in [0.717, 1.165) is 16.9 Å². The van der Waals surface area contributed by atoms with Crippen LogP contribution in [0, 0.1) is 12.8 Å². The standard InChI is InChI=1S/C20H20N4O2/c1-13-21-19(24-23-13)18(14-7-3-2-4-8-14)22-20(25)16-11-15-9-5-6-10-17(15)26-12-16/h2-10,16,18H,11-12H2,1H3,(H,22,25)(H,21,23,24). The molecule has 0 bridgehead atoms. The first-order valence-corrected chi connectivity index (χ1v) is 8.65. The average Bonchev–Trinajstić information content (AvgIpc) is 3.12. The van der Waals surface area contributed by atoms with Gasteiger partial charge in [0, 0.05) is 0 Å². The Labute approximate surface area is 151 Å². The number of nitrogens with zero attached hydrogens (tertiary/aromatic N) is 2. The van der Waals surface area contributed by atoms with Gasteiger partial charge in [-0.2, -0.15) is 5.10 Å². The van der Waals surface area contributed by atoms with Gasteiger partial charge in [-0.15, -0.1) is 0 Å². The van der Waals surface area contributed by atoms with Crippen molar-refractivity contribution in [1.82, 2.24) is 20.5 Å². The van der Waals surface area contributed by atoms with Crippen LogP contribution in [-0.4, -0.2) is 27.7 Å². The monoisotopic (exact) mass is 348 g/mol. The molecular formula is C20H20N4O2. The van der Waals surface area contributed by atoms with Crippen LogP contribution < -0.4 is 10.1 Å². The molecule has 2 heterocycles. The Hall–Kier alpha value is -3.15. The minimum absolute atomic E-state index is 0.0594. The quantitative estimate of drug-likeness (QED) is 0.759. The molecule has 0 aliphatic carbocycles. The zero-order chi connectivity index (χ0) is 17.9. The Balaban J connectivity index is 1.55. The molecule has 2 aromatic carbocycles. The summed E-state index contributed by atoms with van der Waals surface area (Å²) in [4.78, 5) is 17.3. The number of fused-ring (bicyclic) bond motifs is 1. The summed E-state index contributed by atoms with van der Waals surface area (Å²) in [6, 6.07) is 17.2. The molecule has 1 amide bonds. The molecule has 2 N–H and O–H groups in total. The molecule has 1 aliphatic heterocycles. The van der Waals surface area contributed by atoms with Gasteiger partial charge in [-0.1, -0.05) is 48.5 Å². The second-order valence-corrected chi connectivity index (χ2v) is 6.45. The molecule has 0 saturated heterocycles. The lowest BCUT2D eigenvalue weighted by molar-refractivity contribution is -0.126. The molecule has 0 saturated carbocycles. The molecule has 6 nitrogen and oxygen atoms in total. The summed E-state index contributed by atoms with van der Waals surface area (Å²) in [5.41, 5.74) is 2.00. The van der Waals surface area contributed by atoms with Gasteiger partial charge in [0.2, 0.25) is 5.91 Å². The maximum Gasteiger partial charge on any atom is 0.227 e. The molecule has 26 heavy (non-hydrogen) atoms. The maximum absolute atomic E-state index is 12.9. The highest BCUT2D eigenvalue weighted by atomic mass is 16.5. The minimum Gasteiger partial charge on any atom is -0.492 e. The number of hydrogen-bond donors (Lipinski definition) is 2. The molecule has 4 rings (SSSR count). The van der Waals surface area contributed by atoms with Crippen molar-refractivity contribution < 1.29 is 9.53 Å². The SMILES string of the molecule is Cc1nc(C(NC(=O)C2COc3ccccc3C2)c2ccccc2)n[nH]1. The van der Waals surface area contributed by atoms with E-state index in [0.29, 0.717) is 24.7 Å². The number of carbonyl (C=O) groups excluding carboxylic acids is 1. The van der Waals surface area contributed by atoms with E-state index in [9.17, 15) is 4.79 Å². The van der Waals surface area contributed by atoms with Gasteiger partial charge >= 0.3 is 0 Å². The van der Waals surface area contributed by atoms with Crippen molar-refractivity contribution in [3.8, 4) is 5.75 Å². The second kappa shape index (κ2) is 7.00. The zero-order valence-corrected chi connectivity index (χ0v) is 14.5. The van der Waals surface area contributed by atoms with Gasteiger partial charge < -0.3 is 10.1 Å². The number of H-pyrrole nitrogens is 1. The summed E-state index contributed by atoms with van der Waals surface area (Å²) in [5, 5.41) is 10.2. The fourth-order valence-electron chi connectivity index (χ4n) is 3.19. The van der Waals surface area contributed by atoms with Crippen LogP contribution in [0.5, 0.6) is 5.75 Å². The Morgan fingerprint density at radius 3 is 2.73 bits per heavy atom. The summed E-state index contributed by atoms with van der Waals surface area (Å²) in [5.74, 6) is 1.83. The van der Waals surface area contributed by atoms with Gasteiger partial charge in [-0.05, 0) is 30.5 Å². The third-order valence-electron chi connectivity index (χ3n) is 4.54. The third-order valence-corrected chi connectivity index (χ3v) is 4.54. The fourth-order valence-corrected chi connectivity index (χ4v) is 3.19. The Morgan fingerprint density at radius 2 is 1.96 bits per heavy atom. The van der Waals surface area contributed by atoms with Gasteiger partial charge in [-0.25, -0.2) is 4.98 Å². The summed E-state index contributed by atoms with van der Waals surface area (Å²) in [7, 11) is 0. The highest BCUT2D eigenvalue weighted by Gasteiger charge is 2.29. The molecular weight excluding hydrogens is 328 g/mol. The van der Waals surface area contributed by atoms with E-state index in [1.807, 2.05) is 61.5 Å². The van der Waals surface area contributed by atoms with Gasteiger partial charge in [0.05, 0.1) is 5.92 Å². The number of benzene rings is 2. The van der Waals surface area contributed by atoms with Crippen molar-refractivity contribution in [2.75, 3.05) is 6.61 Å². The Bertz CT molecular complexity index is 907. The number of para-hydroxylation sites is 1. The number of aryl methyl sites for hydroxylation is 1. The first-order chi connectivity index (χ1) is 12.7. The van der Waals surface area contributed by atoms with Crippen LogP contribution in [-0.2, 0) is 11.2 Å². The van der Waals surface area contributed by atoms with Crippen LogP contribution in [0.15, 0.2) is 54.6 Å². The molecule has 2 atom stereocenters. The first kappa shape index (κ1) is 16.3. The average molecular weight is 348 g/mol.